The maximum Gasteiger partial charge on any atom is 0.253 e. The Balaban J connectivity index is 2.07. The van der Waals surface area contributed by atoms with Gasteiger partial charge >= 0.3 is 0 Å². The monoisotopic (exact) mass is 233 g/mol. The molecule has 0 bridgehead atoms. The molecule has 0 radical (unpaired) electrons. The number of hydrogen-bond donors (Lipinski definition) is 1. The molecule has 0 aliphatic heterocycles. The maximum absolute atomic E-state index is 12.2. The van der Waals surface area contributed by atoms with Gasteiger partial charge in [-0.1, -0.05) is 6.92 Å². The summed E-state index contributed by atoms with van der Waals surface area (Å²) < 4.78 is 0. The summed E-state index contributed by atoms with van der Waals surface area (Å²) in [7, 11) is 1.85. The maximum atomic E-state index is 12.2. The molecule has 2 unspecified atom stereocenters. The van der Waals surface area contributed by atoms with Crippen LogP contribution in [0.15, 0.2) is 18.2 Å². The van der Waals surface area contributed by atoms with Gasteiger partial charge in [0.25, 0.3) is 5.91 Å². The first-order valence-electron chi connectivity index (χ1n) is 6.04. The number of phenolic OH excluding ortho intramolecular Hbond substituents is 1. The van der Waals surface area contributed by atoms with Gasteiger partial charge < -0.3 is 10.0 Å². The second-order valence-electron chi connectivity index (χ2n) is 5.16. The number of aryl methyl sites for hydroxylation is 1. The number of hydrogen-bond acceptors (Lipinski definition) is 2. The van der Waals surface area contributed by atoms with Gasteiger partial charge in [0.05, 0.1) is 0 Å². The zero-order valence-corrected chi connectivity index (χ0v) is 10.6. The number of aromatic hydroxyl groups is 1. The van der Waals surface area contributed by atoms with E-state index >= 15 is 0 Å². The first-order chi connectivity index (χ1) is 7.99. The average Bonchev–Trinajstić information content (AvgIpc) is 2.93. The number of rotatable bonds is 3. The SMILES string of the molecule is Cc1cc(O)ccc1C(=O)N(C)CC1CC1C. The molecule has 2 rings (SSSR count). The summed E-state index contributed by atoms with van der Waals surface area (Å²) in [6, 6.07) is 4.88. The molecule has 0 heterocycles. The van der Waals surface area contributed by atoms with Crippen LogP contribution in [0.5, 0.6) is 5.75 Å². The van der Waals surface area contributed by atoms with Crippen molar-refractivity contribution < 1.29 is 9.90 Å². The molecule has 1 aliphatic rings. The van der Waals surface area contributed by atoms with Crippen molar-refractivity contribution >= 4 is 5.91 Å². The first kappa shape index (κ1) is 12.0. The van der Waals surface area contributed by atoms with Crippen molar-refractivity contribution in [1.29, 1.82) is 0 Å². The molecule has 1 N–H and O–H groups in total. The van der Waals surface area contributed by atoms with Crippen LogP contribution in [0.2, 0.25) is 0 Å². The number of benzene rings is 1. The average molecular weight is 233 g/mol. The Hall–Kier alpha value is -1.51. The molecule has 1 saturated carbocycles. The minimum absolute atomic E-state index is 0.0431. The zero-order valence-electron chi connectivity index (χ0n) is 10.6. The third kappa shape index (κ3) is 2.60. The van der Waals surface area contributed by atoms with Gasteiger partial charge in [0, 0.05) is 19.2 Å². The third-order valence-electron chi connectivity index (χ3n) is 3.57. The Morgan fingerprint density at radius 1 is 1.53 bits per heavy atom. The lowest BCUT2D eigenvalue weighted by atomic mass is 10.1. The fraction of sp³-hybridized carbons (Fsp3) is 0.500. The summed E-state index contributed by atoms with van der Waals surface area (Å²) >= 11 is 0. The lowest BCUT2D eigenvalue weighted by Crippen LogP contribution is -2.29. The number of amides is 1. The number of carbonyl (C=O) groups excluding carboxylic acids is 1. The molecule has 0 aromatic heterocycles. The van der Waals surface area contributed by atoms with Crippen molar-refractivity contribution in [3.63, 3.8) is 0 Å². The fourth-order valence-electron chi connectivity index (χ4n) is 2.18. The van der Waals surface area contributed by atoms with Crippen LogP contribution in [0.3, 0.4) is 0 Å². The summed E-state index contributed by atoms with van der Waals surface area (Å²) in [4.78, 5) is 14.0. The highest BCUT2D eigenvalue weighted by Gasteiger charge is 2.34. The lowest BCUT2D eigenvalue weighted by molar-refractivity contribution is 0.0786. The highest BCUT2D eigenvalue weighted by molar-refractivity contribution is 5.95. The van der Waals surface area contributed by atoms with E-state index in [4.69, 9.17) is 0 Å². The van der Waals surface area contributed by atoms with Crippen molar-refractivity contribution in [2.24, 2.45) is 11.8 Å². The number of nitrogens with zero attached hydrogens (tertiary/aromatic N) is 1. The number of phenols is 1. The van der Waals surface area contributed by atoms with Crippen LogP contribution < -0.4 is 0 Å². The van der Waals surface area contributed by atoms with E-state index in [1.165, 1.54) is 6.42 Å². The normalized spacial score (nSPS) is 22.3. The minimum Gasteiger partial charge on any atom is -0.508 e. The Morgan fingerprint density at radius 3 is 2.71 bits per heavy atom. The quantitative estimate of drug-likeness (QED) is 0.871. The van der Waals surface area contributed by atoms with Crippen molar-refractivity contribution in [2.45, 2.75) is 20.3 Å². The van der Waals surface area contributed by atoms with Gasteiger partial charge in [-0.2, -0.15) is 0 Å². The van der Waals surface area contributed by atoms with Gasteiger partial charge in [0.1, 0.15) is 5.75 Å². The molecule has 3 nitrogen and oxygen atoms in total. The van der Waals surface area contributed by atoms with Crippen molar-refractivity contribution in [3.8, 4) is 5.75 Å². The molecule has 1 aromatic rings. The molecular formula is C14H19NO2. The molecule has 1 aromatic carbocycles. The number of carbonyl (C=O) groups is 1. The third-order valence-corrected chi connectivity index (χ3v) is 3.57. The minimum atomic E-state index is 0.0431. The Kier molecular flexibility index (Phi) is 3.09. The molecule has 3 heteroatoms. The lowest BCUT2D eigenvalue weighted by Gasteiger charge is -2.18. The molecule has 92 valence electrons. The van der Waals surface area contributed by atoms with Crippen molar-refractivity contribution in [1.82, 2.24) is 4.90 Å². The van der Waals surface area contributed by atoms with E-state index in [2.05, 4.69) is 6.92 Å². The van der Waals surface area contributed by atoms with Gasteiger partial charge in [0.2, 0.25) is 0 Å². The Labute approximate surface area is 102 Å². The largest absolute Gasteiger partial charge is 0.508 e. The fourth-order valence-corrected chi connectivity index (χ4v) is 2.18. The topological polar surface area (TPSA) is 40.5 Å². The predicted molar refractivity (Wildman–Crippen MR) is 67.1 cm³/mol. The van der Waals surface area contributed by atoms with Crippen molar-refractivity contribution in [2.75, 3.05) is 13.6 Å². The molecule has 2 atom stereocenters. The predicted octanol–water partition coefficient (Wildman–Crippen LogP) is 2.43. The molecule has 0 spiro atoms. The van der Waals surface area contributed by atoms with Crippen molar-refractivity contribution in [3.05, 3.63) is 29.3 Å². The highest BCUT2D eigenvalue weighted by atomic mass is 16.3. The molecule has 0 saturated heterocycles. The van der Waals surface area contributed by atoms with Crippen LogP contribution in [0, 0.1) is 18.8 Å². The van der Waals surface area contributed by atoms with Crippen LogP contribution in [0.25, 0.3) is 0 Å². The zero-order chi connectivity index (χ0) is 12.6. The summed E-state index contributed by atoms with van der Waals surface area (Å²) in [5.41, 5.74) is 1.50. The Bertz CT molecular complexity index is 442. The molecule has 17 heavy (non-hydrogen) atoms. The van der Waals surface area contributed by atoms with E-state index in [0.717, 1.165) is 18.0 Å². The van der Waals surface area contributed by atoms with Crippen LogP contribution in [0.4, 0.5) is 0 Å². The van der Waals surface area contributed by atoms with E-state index < -0.39 is 0 Å². The van der Waals surface area contributed by atoms with E-state index in [0.29, 0.717) is 11.5 Å². The van der Waals surface area contributed by atoms with Crippen LogP contribution >= 0.6 is 0 Å². The van der Waals surface area contributed by atoms with E-state index in [9.17, 15) is 9.90 Å². The van der Waals surface area contributed by atoms with Gasteiger partial charge in [-0.05, 0) is 48.9 Å². The summed E-state index contributed by atoms with van der Waals surface area (Å²) in [5.74, 6) is 1.67. The second-order valence-corrected chi connectivity index (χ2v) is 5.16. The standard InChI is InChI=1S/C14H19NO2/c1-9-6-11(9)8-15(3)14(17)13-5-4-12(16)7-10(13)2/h4-5,7,9,11,16H,6,8H2,1-3H3. The summed E-state index contributed by atoms with van der Waals surface area (Å²) in [6.07, 6.45) is 1.23. The second kappa shape index (κ2) is 4.40. The highest BCUT2D eigenvalue weighted by Crippen LogP contribution is 2.38. The van der Waals surface area contributed by atoms with Crippen LogP contribution in [0.1, 0.15) is 29.3 Å². The van der Waals surface area contributed by atoms with Gasteiger partial charge in [0.15, 0.2) is 0 Å². The van der Waals surface area contributed by atoms with Gasteiger partial charge in [-0.25, -0.2) is 0 Å². The smallest absolute Gasteiger partial charge is 0.253 e. The molecular weight excluding hydrogens is 214 g/mol. The van der Waals surface area contributed by atoms with E-state index in [1.807, 2.05) is 14.0 Å². The Morgan fingerprint density at radius 2 is 2.18 bits per heavy atom. The van der Waals surface area contributed by atoms with Crippen LogP contribution in [-0.4, -0.2) is 29.5 Å². The van der Waals surface area contributed by atoms with Gasteiger partial charge in [-0.15, -0.1) is 0 Å². The van der Waals surface area contributed by atoms with Crippen LogP contribution in [-0.2, 0) is 0 Å². The van der Waals surface area contributed by atoms with E-state index in [-0.39, 0.29) is 11.7 Å². The first-order valence-corrected chi connectivity index (χ1v) is 6.04. The summed E-state index contributed by atoms with van der Waals surface area (Å²) in [6.45, 7) is 4.90. The summed E-state index contributed by atoms with van der Waals surface area (Å²) in [5, 5.41) is 9.32. The van der Waals surface area contributed by atoms with Gasteiger partial charge in [-0.3, -0.25) is 4.79 Å². The molecule has 1 fully saturated rings. The molecule has 1 aliphatic carbocycles. The van der Waals surface area contributed by atoms with E-state index in [1.54, 1.807) is 23.1 Å². The molecule has 1 amide bonds.